The van der Waals surface area contributed by atoms with Gasteiger partial charge in [-0.1, -0.05) is 28.1 Å². The standard InChI is InChI=1S/C20H23BrN4O3S2/c1-29-18-6-2-16(3-7-18)14-22-23-20(26)15-24-10-12-25(13-11-24)30(27,28)19-8-4-17(21)5-9-19/h2-9,14H,10-13,15H2,1H3,(H,23,26). The van der Waals surface area contributed by atoms with Crippen molar-refractivity contribution < 1.29 is 13.2 Å². The molecule has 0 unspecified atom stereocenters. The highest BCUT2D eigenvalue weighted by molar-refractivity contribution is 9.10. The first kappa shape index (κ1) is 23.0. The molecule has 2 aromatic carbocycles. The van der Waals surface area contributed by atoms with Gasteiger partial charge < -0.3 is 0 Å². The molecule has 0 atom stereocenters. The Morgan fingerprint density at radius 2 is 1.73 bits per heavy atom. The average molecular weight is 511 g/mol. The van der Waals surface area contributed by atoms with E-state index in [-0.39, 0.29) is 17.3 Å². The molecule has 0 bridgehead atoms. The van der Waals surface area contributed by atoms with Crippen LogP contribution in [-0.4, -0.2) is 68.7 Å². The smallest absolute Gasteiger partial charge is 0.254 e. The number of halogens is 1. The molecule has 1 aliphatic rings. The minimum Gasteiger partial charge on any atom is -0.292 e. The predicted octanol–water partition coefficient (Wildman–Crippen LogP) is 2.63. The van der Waals surface area contributed by atoms with Gasteiger partial charge in [0.05, 0.1) is 17.7 Å². The van der Waals surface area contributed by atoms with Gasteiger partial charge in [0.15, 0.2) is 0 Å². The third kappa shape index (κ3) is 6.14. The molecular formula is C20H23BrN4O3S2. The molecule has 1 fully saturated rings. The molecule has 3 rings (SSSR count). The Bertz CT molecular complexity index is 988. The van der Waals surface area contributed by atoms with E-state index in [0.717, 1.165) is 14.9 Å². The number of thioether (sulfide) groups is 1. The second kappa shape index (κ2) is 10.5. The van der Waals surface area contributed by atoms with E-state index in [9.17, 15) is 13.2 Å². The second-order valence-corrected chi connectivity index (χ2v) is 10.4. The van der Waals surface area contributed by atoms with Crippen LogP contribution in [0.4, 0.5) is 0 Å². The maximum absolute atomic E-state index is 12.7. The van der Waals surface area contributed by atoms with Crippen LogP contribution in [0.1, 0.15) is 5.56 Å². The first-order valence-corrected chi connectivity index (χ1v) is 12.8. The summed E-state index contributed by atoms with van der Waals surface area (Å²) < 4.78 is 27.8. The van der Waals surface area contributed by atoms with Crippen LogP contribution in [-0.2, 0) is 14.8 Å². The minimum absolute atomic E-state index is 0.176. The Balaban J connectivity index is 1.46. The minimum atomic E-state index is -3.52. The van der Waals surface area contributed by atoms with Crippen molar-refractivity contribution in [1.29, 1.82) is 0 Å². The fourth-order valence-corrected chi connectivity index (χ4v) is 5.09. The number of carbonyl (C=O) groups is 1. The summed E-state index contributed by atoms with van der Waals surface area (Å²) in [6.45, 7) is 1.84. The van der Waals surface area contributed by atoms with E-state index in [0.29, 0.717) is 26.2 Å². The van der Waals surface area contributed by atoms with Crippen molar-refractivity contribution in [3.8, 4) is 0 Å². The molecule has 0 spiro atoms. The van der Waals surface area contributed by atoms with Gasteiger partial charge in [-0.3, -0.25) is 9.69 Å². The molecule has 1 N–H and O–H groups in total. The number of hydrazone groups is 1. The normalized spacial score (nSPS) is 16.1. The number of rotatable bonds is 7. The highest BCUT2D eigenvalue weighted by Crippen LogP contribution is 2.20. The zero-order valence-electron chi connectivity index (χ0n) is 16.5. The van der Waals surface area contributed by atoms with Crippen molar-refractivity contribution in [1.82, 2.24) is 14.6 Å². The van der Waals surface area contributed by atoms with Crippen molar-refractivity contribution in [2.24, 2.45) is 5.10 Å². The van der Waals surface area contributed by atoms with Gasteiger partial charge in [-0.15, -0.1) is 11.8 Å². The Morgan fingerprint density at radius 1 is 1.10 bits per heavy atom. The van der Waals surface area contributed by atoms with E-state index in [2.05, 4.69) is 26.5 Å². The Labute approximate surface area is 189 Å². The highest BCUT2D eigenvalue weighted by Gasteiger charge is 2.28. The molecule has 160 valence electrons. The van der Waals surface area contributed by atoms with Crippen LogP contribution in [0.5, 0.6) is 0 Å². The summed E-state index contributed by atoms with van der Waals surface area (Å²) in [7, 11) is -3.52. The number of nitrogens with zero attached hydrogens (tertiary/aromatic N) is 3. The largest absolute Gasteiger partial charge is 0.292 e. The number of hydrogen-bond donors (Lipinski definition) is 1. The molecule has 2 aromatic rings. The number of hydrogen-bond acceptors (Lipinski definition) is 6. The summed E-state index contributed by atoms with van der Waals surface area (Å²) >= 11 is 4.98. The number of benzene rings is 2. The Hall–Kier alpha value is -1.72. The lowest BCUT2D eigenvalue weighted by Crippen LogP contribution is -2.50. The summed E-state index contributed by atoms with van der Waals surface area (Å²) in [6.07, 6.45) is 3.62. The molecule has 0 radical (unpaired) electrons. The molecule has 1 heterocycles. The molecular weight excluding hydrogens is 488 g/mol. The van der Waals surface area contributed by atoms with E-state index in [1.54, 1.807) is 42.2 Å². The van der Waals surface area contributed by atoms with Crippen LogP contribution in [0, 0.1) is 0 Å². The van der Waals surface area contributed by atoms with Gasteiger partial charge in [-0.25, -0.2) is 13.8 Å². The zero-order chi connectivity index (χ0) is 21.6. The SMILES string of the molecule is CSc1ccc(C=NNC(=O)CN2CCN(S(=O)(=O)c3ccc(Br)cc3)CC2)cc1. The predicted molar refractivity (Wildman–Crippen MR) is 123 cm³/mol. The van der Waals surface area contributed by atoms with Crippen LogP contribution in [0.15, 0.2) is 67.9 Å². The molecule has 10 heteroatoms. The topological polar surface area (TPSA) is 82.1 Å². The highest BCUT2D eigenvalue weighted by atomic mass is 79.9. The maximum atomic E-state index is 12.7. The maximum Gasteiger partial charge on any atom is 0.254 e. The molecule has 1 saturated heterocycles. The van der Waals surface area contributed by atoms with Crippen molar-refractivity contribution in [3.63, 3.8) is 0 Å². The van der Waals surface area contributed by atoms with E-state index in [1.165, 1.54) is 4.31 Å². The fraction of sp³-hybridized carbons (Fsp3) is 0.300. The van der Waals surface area contributed by atoms with Gasteiger partial charge in [0.25, 0.3) is 5.91 Å². The summed E-state index contributed by atoms with van der Waals surface area (Å²) in [6, 6.07) is 14.5. The summed E-state index contributed by atoms with van der Waals surface area (Å²) in [5.41, 5.74) is 3.43. The number of carbonyl (C=O) groups excluding carboxylic acids is 1. The average Bonchev–Trinajstić information content (AvgIpc) is 2.75. The van der Waals surface area contributed by atoms with Crippen molar-refractivity contribution in [3.05, 3.63) is 58.6 Å². The lowest BCUT2D eigenvalue weighted by molar-refractivity contribution is -0.122. The molecule has 30 heavy (non-hydrogen) atoms. The molecule has 0 saturated carbocycles. The summed E-state index contributed by atoms with van der Waals surface area (Å²) in [5.74, 6) is -0.226. The second-order valence-electron chi connectivity index (χ2n) is 6.70. The number of piperazine rings is 1. The molecule has 1 amide bonds. The van der Waals surface area contributed by atoms with Crippen molar-refractivity contribution >= 4 is 49.8 Å². The molecule has 0 aliphatic carbocycles. The van der Waals surface area contributed by atoms with E-state index >= 15 is 0 Å². The molecule has 0 aromatic heterocycles. The van der Waals surface area contributed by atoms with Crippen molar-refractivity contribution in [2.45, 2.75) is 9.79 Å². The Kier molecular flexibility index (Phi) is 8.06. The monoisotopic (exact) mass is 510 g/mol. The molecule has 7 nitrogen and oxygen atoms in total. The van der Waals surface area contributed by atoms with Crippen LogP contribution in [0.3, 0.4) is 0 Å². The van der Waals surface area contributed by atoms with E-state index in [1.807, 2.05) is 35.4 Å². The van der Waals surface area contributed by atoms with Crippen molar-refractivity contribution in [2.75, 3.05) is 39.0 Å². The van der Waals surface area contributed by atoms with Gasteiger partial charge in [0.1, 0.15) is 0 Å². The third-order valence-corrected chi connectivity index (χ3v) is 7.85. The number of nitrogens with one attached hydrogen (secondary N) is 1. The van der Waals surface area contributed by atoms with Crippen LogP contribution in [0.25, 0.3) is 0 Å². The van der Waals surface area contributed by atoms with Crippen LogP contribution < -0.4 is 5.43 Å². The summed E-state index contributed by atoms with van der Waals surface area (Å²) in [5, 5.41) is 4.00. The summed E-state index contributed by atoms with van der Waals surface area (Å²) in [4.78, 5) is 15.5. The van der Waals surface area contributed by atoms with Gasteiger partial charge in [-0.2, -0.15) is 9.41 Å². The van der Waals surface area contributed by atoms with Gasteiger partial charge in [0, 0.05) is 35.5 Å². The van der Waals surface area contributed by atoms with E-state index in [4.69, 9.17) is 0 Å². The van der Waals surface area contributed by atoms with Gasteiger partial charge >= 0.3 is 0 Å². The quantitative estimate of drug-likeness (QED) is 0.351. The van der Waals surface area contributed by atoms with Gasteiger partial charge in [0.2, 0.25) is 10.0 Å². The van der Waals surface area contributed by atoms with Gasteiger partial charge in [-0.05, 0) is 48.2 Å². The first-order valence-electron chi connectivity index (χ1n) is 9.32. The van der Waals surface area contributed by atoms with E-state index < -0.39 is 10.0 Å². The number of sulfonamides is 1. The van der Waals surface area contributed by atoms with Crippen LogP contribution >= 0.6 is 27.7 Å². The third-order valence-electron chi connectivity index (χ3n) is 4.67. The lowest BCUT2D eigenvalue weighted by Gasteiger charge is -2.33. The fourth-order valence-electron chi connectivity index (χ4n) is 2.99. The Morgan fingerprint density at radius 3 is 2.33 bits per heavy atom. The number of amides is 1. The zero-order valence-corrected chi connectivity index (χ0v) is 19.7. The lowest BCUT2D eigenvalue weighted by atomic mass is 10.2. The first-order chi connectivity index (χ1) is 14.4. The van der Waals surface area contributed by atoms with Crippen LogP contribution in [0.2, 0.25) is 0 Å². The molecule has 1 aliphatic heterocycles.